The average Bonchev–Trinajstić information content (AvgIpc) is 3.13. The highest BCUT2D eigenvalue weighted by Gasteiger charge is 2.44. The number of nitrogens with one attached hydrogen (secondary N) is 2. The van der Waals surface area contributed by atoms with Crippen molar-refractivity contribution in [3.8, 4) is 0 Å². The summed E-state index contributed by atoms with van der Waals surface area (Å²) >= 11 is 0. The minimum Gasteiger partial charge on any atom is -0.310 e. The molecule has 0 bridgehead atoms. The van der Waals surface area contributed by atoms with Crippen molar-refractivity contribution in [3.63, 3.8) is 0 Å². The minimum atomic E-state index is 0.0344. The molecule has 2 atom stereocenters. The lowest BCUT2D eigenvalue weighted by molar-refractivity contribution is -0.117. The summed E-state index contributed by atoms with van der Waals surface area (Å²) in [5, 5.41) is 15.3. The van der Waals surface area contributed by atoms with E-state index in [2.05, 4.69) is 51.8 Å². The fourth-order valence-corrected chi connectivity index (χ4v) is 3.29. The van der Waals surface area contributed by atoms with Crippen LogP contribution in [0.25, 0.3) is 11.0 Å². The van der Waals surface area contributed by atoms with E-state index in [1.54, 1.807) is 4.68 Å². The average molecular weight is 309 g/mol. The van der Waals surface area contributed by atoms with E-state index >= 15 is 0 Å². The Morgan fingerprint density at radius 1 is 1.39 bits per heavy atom. The van der Waals surface area contributed by atoms with Gasteiger partial charge in [0.1, 0.15) is 5.82 Å². The zero-order chi connectivity index (χ0) is 16.1. The molecule has 1 aliphatic rings. The standard InChI is InChI=1S/C17H19N5O/c1-9-5-4-6-11(7-9)12-8-13(12)17(23)18-15-14-10(2)21-22(3)16(14)20-19-15/h4-7,12-13H,8H2,1-3H3,(H2,18,19,20,23)/t12-,13-/m0/s1. The first-order valence-corrected chi connectivity index (χ1v) is 7.79. The van der Waals surface area contributed by atoms with Crippen LogP contribution in [0.4, 0.5) is 5.82 Å². The van der Waals surface area contributed by atoms with Crippen LogP contribution in [0.5, 0.6) is 0 Å². The highest BCUT2D eigenvalue weighted by atomic mass is 16.2. The van der Waals surface area contributed by atoms with E-state index < -0.39 is 0 Å². The summed E-state index contributed by atoms with van der Waals surface area (Å²) in [6, 6.07) is 8.39. The normalized spacial score (nSPS) is 20.0. The Hall–Kier alpha value is -2.63. The molecule has 2 aromatic heterocycles. The number of hydrogen-bond donors (Lipinski definition) is 2. The van der Waals surface area contributed by atoms with E-state index in [-0.39, 0.29) is 11.8 Å². The number of amides is 1. The lowest BCUT2D eigenvalue weighted by atomic mass is 10.1. The van der Waals surface area contributed by atoms with Crippen molar-refractivity contribution in [2.75, 3.05) is 5.32 Å². The smallest absolute Gasteiger partial charge is 0.229 e. The number of carbonyl (C=O) groups excluding carboxylic acids is 1. The summed E-state index contributed by atoms with van der Waals surface area (Å²) in [7, 11) is 1.84. The molecular weight excluding hydrogens is 290 g/mol. The van der Waals surface area contributed by atoms with Gasteiger partial charge in [0.15, 0.2) is 5.65 Å². The third-order valence-corrected chi connectivity index (χ3v) is 4.56. The maximum Gasteiger partial charge on any atom is 0.229 e. The molecule has 1 saturated carbocycles. The van der Waals surface area contributed by atoms with Crippen molar-refractivity contribution in [2.24, 2.45) is 13.0 Å². The maximum atomic E-state index is 12.5. The number of nitrogens with zero attached hydrogens (tertiary/aromatic N) is 3. The van der Waals surface area contributed by atoms with Crippen molar-refractivity contribution in [3.05, 3.63) is 41.1 Å². The molecule has 2 N–H and O–H groups in total. The van der Waals surface area contributed by atoms with Crippen molar-refractivity contribution in [1.29, 1.82) is 0 Å². The highest BCUT2D eigenvalue weighted by molar-refractivity contribution is 6.02. The number of aromatic nitrogens is 4. The number of hydrogen-bond acceptors (Lipinski definition) is 3. The van der Waals surface area contributed by atoms with Gasteiger partial charge in [-0.05, 0) is 31.7 Å². The fraction of sp³-hybridized carbons (Fsp3) is 0.353. The van der Waals surface area contributed by atoms with Gasteiger partial charge in [-0.15, -0.1) is 0 Å². The molecule has 0 unspecified atom stereocenters. The molecule has 0 aliphatic heterocycles. The molecule has 4 rings (SSSR count). The first-order chi connectivity index (χ1) is 11.0. The topological polar surface area (TPSA) is 75.6 Å². The van der Waals surface area contributed by atoms with Crippen LogP contribution in [0.15, 0.2) is 24.3 Å². The van der Waals surface area contributed by atoms with Gasteiger partial charge in [-0.25, -0.2) is 4.68 Å². The molecule has 6 heteroatoms. The summed E-state index contributed by atoms with van der Waals surface area (Å²) in [5.74, 6) is 1.05. The Bertz CT molecular complexity index is 907. The minimum absolute atomic E-state index is 0.0344. The molecule has 1 amide bonds. The van der Waals surface area contributed by atoms with Crippen LogP contribution in [0.1, 0.15) is 29.2 Å². The van der Waals surface area contributed by atoms with Crippen LogP contribution in [0.2, 0.25) is 0 Å². The predicted octanol–water partition coefficient (Wildman–Crippen LogP) is 2.66. The zero-order valence-electron chi connectivity index (χ0n) is 13.4. The summed E-state index contributed by atoms with van der Waals surface area (Å²) in [6.07, 6.45) is 0.901. The third-order valence-electron chi connectivity index (χ3n) is 4.56. The number of carbonyl (C=O) groups is 1. The quantitative estimate of drug-likeness (QED) is 0.781. The Kier molecular flexibility index (Phi) is 3.01. The zero-order valence-corrected chi connectivity index (χ0v) is 13.4. The summed E-state index contributed by atoms with van der Waals surface area (Å²) < 4.78 is 1.71. The van der Waals surface area contributed by atoms with E-state index in [4.69, 9.17) is 0 Å². The Morgan fingerprint density at radius 2 is 2.22 bits per heavy atom. The number of H-pyrrole nitrogens is 1. The van der Waals surface area contributed by atoms with Crippen LogP contribution in [-0.2, 0) is 11.8 Å². The second-order valence-corrected chi connectivity index (χ2v) is 6.36. The van der Waals surface area contributed by atoms with Gasteiger partial charge in [0, 0.05) is 13.0 Å². The second-order valence-electron chi connectivity index (χ2n) is 6.36. The van der Waals surface area contributed by atoms with E-state index in [0.29, 0.717) is 11.7 Å². The fourth-order valence-electron chi connectivity index (χ4n) is 3.29. The van der Waals surface area contributed by atoms with Crippen molar-refractivity contribution in [2.45, 2.75) is 26.2 Å². The Balaban J connectivity index is 1.52. The van der Waals surface area contributed by atoms with Gasteiger partial charge in [0.05, 0.1) is 11.1 Å². The van der Waals surface area contributed by atoms with Crippen molar-refractivity contribution < 1.29 is 4.79 Å². The van der Waals surface area contributed by atoms with Crippen LogP contribution >= 0.6 is 0 Å². The lowest BCUT2D eigenvalue weighted by Gasteiger charge is -2.04. The first-order valence-electron chi connectivity index (χ1n) is 7.79. The van der Waals surface area contributed by atoms with E-state index in [0.717, 1.165) is 23.1 Å². The van der Waals surface area contributed by atoms with Gasteiger partial charge >= 0.3 is 0 Å². The van der Waals surface area contributed by atoms with E-state index in [9.17, 15) is 4.79 Å². The largest absolute Gasteiger partial charge is 0.310 e. The molecule has 118 valence electrons. The van der Waals surface area contributed by atoms with Gasteiger partial charge in [0.25, 0.3) is 0 Å². The Morgan fingerprint density at radius 3 is 3.00 bits per heavy atom. The molecular formula is C17H19N5O. The van der Waals surface area contributed by atoms with Gasteiger partial charge in [0.2, 0.25) is 5.91 Å². The number of aromatic amines is 1. The number of fused-ring (bicyclic) bond motifs is 1. The lowest BCUT2D eigenvalue weighted by Crippen LogP contribution is -2.15. The maximum absolute atomic E-state index is 12.5. The molecule has 1 fully saturated rings. The van der Waals surface area contributed by atoms with Gasteiger partial charge in [-0.2, -0.15) is 10.2 Å². The second kappa shape index (κ2) is 4.94. The SMILES string of the molecule is Cc1cccc([C@@H]2C[C@@H]2C(=O)Nc2[nH]nc3c2c(C)nn3C)c1. The van der Waals surface area contributed by atoms with Crippen LogP contribution in [0, 0.1) is 19.8 Å². The first kappa shape index (κ1) is 14.0. The molecule has 1 aromatic carbocycles. The van der Waals surface area contributed by atoms with Crippen LogP contribution in [0.3, 0.4) is 0 Å². The molecule has 6 nitrogen and oxygen atoms in total. The molecule has 3 aromatic rings. The molecule has 1 aliphatic carbocycles. The van der Waals surface area contributed by atoms with Crippen molar-refractivity contribution >= 4 is 22.8 Å². The molecule has 23 heavy (non-hydrogen) atoms. The molecule has 0 spiro atoms. The molecule has 0 radical (unpaired) electrons. The monoisotopic (exact) mass is 309 g/mol. The summed E-state index contributed by atoms with van der Waals surface area (Å²) in [5.41, 5.74) is 4.09. The summed E-state index contributed by atoms with van der Waals surface area (Å²) in [6.45, 7) is 3.99. The van der Waals surface area contributed by atoms with Gasteiger partial charge in [-0.1, -0.05) is 29.8 Å². The van der Waals surface area contributed by atoms with E-state index in [1.807, 2.05) is 14.0 Å². The van der Waals surface area contributed by atoms with Crippen LogP contribution in [-0.4, -0.2) is 25.9 Å². The number of aryl methyl sites for hydroxylation is 3. The van der Waals surface area contributed by atoms with Gasteiger partial charge in [-0.3, -0.25) is 9.89 Å². The third kappa shape index (κ3) is 2.30. The number of rotatable bonds is 3. The van der Waals surface area contributed by atoms with Crippen molar-refractivity contribution in [1.82, 2.24) is 20.0 Å². The predicted molar refractivity (Wildman–Crippen MR) is 88.3 cm³/mol. The summed E-state index contributed by atoms with van der Waals surface area (Å²) in [4.78, 5) is 12.5. The Labute approximate surface area is 133 Å². The number of anilines is 1. The van der Waals surface area contributed by atoms with E-state index in [1.165, 1.54) is 11.1 Å². The highest BCUT2D eigenvalue weighted by Crippen LogP contribution is 2.48. The number of benzene rings is 1. The molecule has 0 saturated heterocycles. The van der Waals surface area contributed by atoms with Crippen LogP contribution < -0.4 is 5.32 Å². The van der Waals surface area contributed by atoms with Gasteiger partial charge < -0.3 is 5.32 Å². The molecule has 2 heterocycles.